The summed E-state index contributed by atoms with van der Waals surface area (Å²) in [5, 5.41) is 15.4. The summed E-state index contributed by atoms with van der Waals surface area (Å²) in [5.41, 5.74) is 1.99. The van der Waals surface area contributed by atoms with E-state index >= 15 is 0 Å². The van der Waals surface area contributed by atoms with Crippen molar-refractivity contribution in [1.29, 1.82) is 0 Å². The van der Waals surface area contributed by atoms with Gasteiger partial charge in [-0.1, -0.05) is 66.7 Å². The third-order valence-corrected chi connectivity index (χ3v) is 5.24. The van der Waals surface area contributed by atoms with E-state index in [4.69, 9.17) is 4.74 Å². The smallest absolute Gasteiger partial charge is 0.343 e. The van der Waals surface area contributed by atoms with E-state index in [1.807, 2.05) is 0 Å². The molecule has 0 aliphatic rings. The second-order valence-electron chi connectivity index (χ2n) is 7.61. The van der Waals surface area contributed by atoms with Gasteiger partial charge in [-0.2, -0.15) is 5.10 Å². The molecule has 35 heavy (non-hydrogen) atoms. The summed E-state index contributed by atoms with van der Waals surface area (Å²) < 4.78 is 18.5. The Morgan fingerprint density at radius 2 is 1.43 bits per heavy atom. The highest BCUT2D eigenvalue weighted by Crippen LogP contribution is 2.29. The standard InChI is InChI=1S/C28H21FN2O4/c29-24-13-7-8-21(18-24)26(32)35-25-16-14-20(15-17-25)19-30-31-27(33)28(34,22-9-3-1-4-10-22)23-11-5-2-6-12-23/h1-19,34H,(H,31,33)/b30-19-. The van der Waals surface area contributed by atoms with Crippen LogP contribution in [0.1, 0.15) is 27.0 Å². The van der Waals surface area contributed by atoms with Crippen LogP contribution in [-0.2, 0) is 10.4 Å². The van der Waals surface area contributed by atoms with Crippen molar-refractivity contribution >= 4 is 18.1 Å². The lowest BCUT2D eigenvalue weighted by Crippen LogP contribution is -2.43. The van der Waals surface area contributed by atoms with Gasteiger partial charge in [-0.15, -0.1) is 0 Å². The van der Waals surface area contributed by atoms with Gasteiger partial charge in [0.2, 0.25) is 0 Å². The molecule has 0 aliphatic heterocycles. The summed E-state index contributed by atoms with van der Waals surface area (Å²) in [6.07, 6.45) is 1.40. The molecule has 4 aromatic rings. The molecule has 1 amide bonds. The number of aliphatic hydroxyl groups is 1. The molecular formula is C28H21FN2O4. The number of carbonyl (C=O) groups is 2. The molecule has 0 unspecified atom stereocenters. The number of benzene rings is 4. The number of hydrogen-bond acceptors (Lipinski definition) is 5. The van der Waals surface area contributed by atoms with E-state index < -0.39 is 23.3 Å². The van der Waals surface area contributed by atoms with E-state index in [1.54, 1.807) is 84.9 Å². The van der Waals surface area contributed by atoms with Crippen molar-refractivity contribution in [2.24, 2.45) is 5.10 Å². The Morgan fingerprint density at radius 3 is 2.00 bits per heavy atom. The maximum Gasteiger partial charge on any atom is 0.343 e. The van der Waals surface area contributed by atoms with E-state index in [9.17, 15) is 19.1 Å². The van der Waals surface area contributed by atoms with Gasteiger partial charge in [0, 0.05) is 0 Å². The number of esters is 1. The molecule has 0 spiro atoms. The van der Waals surface area contributed by atoms with Crippen molar-refractivity contribution in [3.8, 4) is 5.75 Å². The number of rotatable bonds is 7. The normalized spacial score (nSPS) is 11.3. The Morgan fingerprint density at radius 1 is 0.829 bits per heavy atom. The Kier molecular flexibility index (Phi) is 7.09. The Balaban J connectivity index is 1.44. The van der Waals surface area contributed by atoms with Crippen molar-refractivity contribution in [3.05, 3.63) is 137 Å². The summed E-state index contributed by atoms with van der Waals surface area (Å²) >= 11 is 0. The summed E-state index contributed by atoms with van der Waals surface area (Å²) in [6, 6.07) is 28.8. The maximum atomic E-state index is 13.3. The molecule has 174 valence electrons. The first kappa shape index (κ1) is 23.5. The summed E-state index contributed by atoms with van der Waals surface area (Å²) in [6.45, 7) is 0. The Labute approximate surface area is 201 Å². The van der Waals surface area contributed by atoms with Crippen molar-refractivity contribution in [2.75, 3.05) is 0 Å². The van der Waals surface area contributed by atoms with Gasteiger partial charge in [-0.25, -0.2) is 14.6 Å². The lowest BCUT2D eigenvalue weighted by atomic mass is 9.85. The minimum absolute atomic E-state index is 0.0997. The van der Waals surface area contributed by atoms with Crippen LogP contribution in [0.3, 0.4) is 0 Å². The second kappa shape index (κ2) is 10.5. The van der Waals surface area contributed by atoms with Gasteiger partial charge in [0.05, 0.1) is 11.8 Å². The van der Waals surface area contributed by atoms with Gasteiger partial charge in [0.1, 0.15) is 11.6 Å². The number of ether oxygens (including phenoxy) is 1. The van der Waals surface area contributed by atoms with Crippen LogP contribution in [0.5, 0.6) is 5.75 Å². The number of amides is 1. The van der Waals surface area contributed by atoms with Crippen LogP contribution in [0.4, 0.5) is 4.39 Å². The molecule has 2 N–H and O–H groups in total. The minimum Gasteiger partial charge on any atom is -0.423 e. The maximum absolute atomic E-state index is 13.3. The molecule has 4 rings (SSSR count). The lowest BCUT2D eigenvalue weighted by molar-refractivity contribution is -0.136. The highest BCUT2D eigenvalue weighted by Gasteiger charge is 2.39. The zero-order valence-electron chi connectivity index (χ0n) is 18.5. The molecule has 7 heteroatoms. The molecular weight excluding hydrogens is 447 g/mol. The van der Waals surface area contributed by atoms with Crippen LogP contribution in [0, 0.1) is 5.82 Å². The zero-order chi connectivity index (χ0) is 24.7. The van der Waals surface area contributed by atoms with Crippen LogP contribution in [0.15, 0.2) is 114 Å². The number of nitrogens with zero attached hydrogens (tertiary/aromatic N) is 1. The van der Waals surface area contributed by atoms with Crippen molar-refractivity contribution in [1.82, 2.24) is 5.43 Å². The minimum atomic E-state index is -1.94. The predicted molar refractivity (Wildman–Crippen MR) is 129 cm³/mol. The molecule has 0 aromatic heterocycles. The quantitative estimate of drug-likeness (QED) is 0.182. The SMILES string of the molecule is O=C(Oc1ccc(/C=N\NC(=O)C(O)(c2ccccc2)c2ccccc2)cc1)c1cccc(F)c1. The van der Waals surface area contributed by atoms with Crippen molar-refractivity contribution in [2.45, 2.75) is 5.60 Å². The molecule has 0 saturated carbocycles. The molecule has 0 saturated heterocycles. The first-order valence-corrected chi connectivity index (χ1v) is 10.7. The Bertz CT molecular complexity index is 1300. The molecule has 4 aromatic carbocycles. The molecule has 6 nitrogen and oxygen atoms in total. The second-order valence-corrected chi connectivity index (χ2v) is 7.61. The number of carbonyl (C=O) groups excluding carboxylic acids is 2. The van der Waals surface area contributed by atoms with Gasteiger partial charge in [-0.05, 0) is 59.2 Å². The summed E-state index contributed by atoms with van der Waals surface area (Å²) in [5.74, 6) is -1.66. The number of halogens is 1. The van der Waals surface area contributed by atoms with Crippen LogP contribution in [-0.4, -0.2) is 23.2 Å². The van der Waals surface area contributed by atoms with Gasteiger partial charge in [0.15, 0.2) is 5.60 Å². The number of hydrazone groups is 1. The third-order valence-electron chi connectivity index (χ3n) is 5.24. The van der Waals surface area contributed by atoms with Gasteiger partial charge in [-0.3, -0.25) is 4.79 Å². The highest BCUT2D eigenvalue weighted by atomic mass is 19.1. The first-order valence-electron chi connectivity index (χ1n) is 10.7. The largest absolute Gasteiger partial charge is 0.423 e. The van der Waals surface area contributed by atoms with Gasteiger partial charge >= 0.3 is 5.97 Å². The molecule has 0 fully saturated rings. The third kappa shape index (κ3) is 5.48. The fraction of sp³-hybridized carbons (Fsp3) is 0.0357. The fourth-order valence-corrected chi connectivity index (χ4v) is 3.44. The highest BCUT2D eigenvalue weighted by molar-refractivity contribution is 5.92. The van der Waals surface area contributed by atoms with Crippen LogP contribution in [0.2, 0.25) is 0 Å². The predicted octanol–water partition coefficient (Wildman–Crippen LogP) is 4.43. The first-order chi connectivity index (χ1) is 17.0. The topological polar surface area (TPSA) is 88.0 Å². The molecule has 0 heterocycles. The molecule has 0 bridgehead atoms. The van der Waals surface area contributed by atoms with Crippen LogP contribution in [0.25, 0.3) is 0 Å². The monoisotopic (exact) mass is 468 g/mol. The van der Waals surface area contributed by atoms with Crippen molar-refractivity contribution in [3.63, 3.8) is 0 Å². The van der Waals surface area contributed by atoms with Gasteiger partial charge in [0.25, 0.3) is 5.91 Å². The Hall–Kier alpha value is -4.62. The van der Waals surface area contributed by atoms with Crippen LogP contribution >= 0.6 is 0 Å². The average Bonchev–Trinajstić information content (AvgIpc) is 2.90. The van der Waals surface area contributed by atoms with Crippen LogP contribution < -0.4 is 10.2 Å². The van der Waals surface area contributed by atoms with E-state index in [0.29, 0.717) is 16.7 Å². The van der Waals surface area contributed by atoms with Gasteiger partial charge < -0.3 is 9.84 Å². The number of hydrogen-bond donors (Lipinski definition) is 2. The summed E-state index contributed by atoms with van der Waals surface area (Å²) in [4.78, 5) is 25.2. The average molecular weight is 468 g/mol. The summed E-state index contributed by atoms with van der Waals surface area (Å²) in [7, 11) is 0. The molecule has 0 atom stereocenters. The van der Waals surface area contributed by atoms with Crippen molar-refractivity contribution < 1.29 is 23.8 Å². The van der Waals surface area contributed by atoms with E-state index in [1.165, 1.54) is 24.4 Å². The van der Waals surface area contributed by atoms with E-state index in [2.05, 4.69) is 10.5 Å². The molecule has 0 radical (unpaired) electrons. The molecule has 0 aliphatic carbocycles. The number of nitrogens with one attached hydrogen (secondary N) is 1. The lowest BCUT2D eigenvalue weighted by Gasteiger charge is -2.27. The fourth-order valence-electron chi connectivity index (χ4n) is 3.44. The zero-order valence-corrected chi connectivity index (χ0v) is 18.5. The van der Waals surface area contributed by atoms with E-state index in [-0.39, 0.29) is 11.3 Å². The van der Waals surface area contributed by atoms with E-state index in [0.717, 1.165) is 6.07 Å².